The molecule has 0 radical (unpaired) electrons. The molecule has 0 bridgehead atoms. The summed E-state index contributed by atoms with van der Waals surface area (Å²) in [6, 6.07) is 20.9. The molecule has 0 unspecified atom stereocenters. The molecule has 0 spiro atoms. The van der Waals surface area contributed by atoms with Gasteiger partial charge in [0.05, 0.1) is 19.0 Å². The Morgan fingerprint density at radius 2 is 1.56 bits per heavy atom. The first kappa shape index (κ1) is 29.0. The van der Waals surface area contributed by atoms with Crippen molar-refractivity contribution in [3.8, 4) is 16.2 Å². The summed E-state index contributed by atoms with van der Waals surface area (Å²) in [5.41, 5.74) is 1.64. The van der Waals surface area contributed by atoms with Gasteiger partial charge in [-0.05, 0) is 65.9 Å². The third-order valence-corrected chi connectivity index (χ3v) is 9.55. The predicted molar refractivity (Wildman–Crippen MR) is 167 cm³/mol. The number of benzene rings is 3. The van der Waals surface area contributed by atoms with Crippen molar-refractivity contribution in [3.63, 3.8) is 0 Å². The van der Waals surface area contributed by atoms with Crippen molar-refractivity contribution in [3.05, 3.63) is 122 Å². The van der Waals surface area contributed by atoms with Crippen LogP contribution in [0, 0.1) is 11.6 Å². The number of fused-ring (bicyclic) bond motifs is 1. The molecule has 6 rings (SSSR count). The van der Waals surface area contributed by atoms with Crippen molar-refractivity contribution in [2.24, 2.45) is 0 Å². The Morgan fingerprint density at radius 1 is 0.860 bits per heavy atom. The summed E-state index contributed by atoms with van der Waals surface area (Å²) in [5, 5.41) is 3.90. The molecule has 6 nitrogen and oxygen atoms in total. The van der Waals surface area contributed by atoms with Crippen molar-refractivity contribution in [1.29, 1.82) is 0 Å². The third-order valence-electron chi connectivity index (χ3n) is 8.25. The molecule has 1 fully saturated rings. The van der Waals surface area contributed by atoms with Crippen molar-refractivity contribution in [2.75, 3.05) is 7.11 Å². The highest BCUT2D eigenvalue weighted by Crippen LogP contribution is 2.38. The second kappa shape index (κ2) is 12.7. The Balaban J connectivity index is 1.58. The summed E-state index contributed by atoms with van der Waals surface area (Å²) in [4.78, 5) is 29.7. The van der Waals surface area contributed by atoms with E-state index < -0.39 is 17.3 Å². The van der Waals surface area contributed by atoms with Crippen LogP contribution < -0.4 is 21.3 Å². The van der Waals surface area contributed by atoms with Crippen LogP contribution in [0.4, 0.5) is 8.78 Å². The van der Waals surface area contributed by atoms with Gasteiger partial charge in [0.1, 0.15) is 22.2 Å². The fraction of sp³-hybridized carbons (Fsp3) is 0.294. The first-order chi connectivity index (χ1) is 21.0. The van der Waals surface area contributed by atoms with Crippen LogP contribution in [0.1, 0.15) is 54.8 Å². The lowest BCUT2D eigenvalue weighted by atomic mass is 9.95. The van der Waals surface area contributed by atoms with E-state index >= 15 is 0 Å². The normalized spacial score (nSPS) is 13.9. The van der Waals surface area contributed by atoms with Gasteiger partial charge in [-0.15, -0.1) is 11.3 Å². The minimum Gasteiger partial charge on any atom is -0.497 e. The first-order valence-corrected chi connectivity index (χ1v) is 15.4. The van der Waals surface area contributed by atoms with Crippen LogP contribution >= 0.6 is 11.3 Å². The average Bonchev–Trinajstić information content (AvgIpc) is 3.41. The fourth-order valence-electron chi connectivity index (χ4n) is 6.00. The highest BCUT2D eigenvalue weighted by molar-refractivity contribution is 7.22. The quantitative estimate of drug-likeness (QED) is 0.197. The minimum absolute atomic E-state index is 0.206. The average molecular weight is 602 g/mol. The molecular weight excluding hydrogens is 568 g/mol. The van der Waals surface area contributed by atoms with E-state index in [0.717, 1.165) is 40.8 Å². The highest BCUT2D eigenvalue weighted by atomic mass is 32.1. The van der Waals surface area contributed by atoms with Gasteiger partial charge in [0.2, 0.25) is 0 Å². The number of hydrogen-bond donors (Lipinski definition) is 1. The standard InChI is InChI=1S/C34H33F2N3O3S/c1-42-25-17-15-23(16-18-25)31-26(20-37-19-22-9-4-2-5-10-22)30-32(40)39(24-11-6-3-7-12-24)34(41)38(33(30)43-31)21-27-28(35)13-8-14-29(27)36/h2,4-5,8-10,13-18,24,37H,3,6-7,11-12,19-21H2,1H3. The Hall–Kier alpha value is -4.08. The monoisotopic (exact) mass is 601 g/mol. The summed E-state index contributed by atoms with van der Waals surface area (Å²) in [5.74, 6) is -0.764. The Morgan fingerprint density at radius 3 is 2.23 bits per heavy atom. The number of rotatable bonds is 9. The van der Waals surface area contributed by atoms with Crippen LogP contribution in [0.15, 0.2) is 82.4 Å². The van der Waals surface area contributed by atoms with E-state index in [1.807, 2.05) is 54.6 Å². The van der Waals surface area contributed by atoms with Gasteiger partial charge in [0, 0.05) is 29.6 Å². The van der Waals surface area contributed by atoms with E-state index in [2.05, 4.69) is 5.32 Å². The maximum atomic E-state index is 14.9. The molecule has 2 aromatic heterocycles. The highest BCUT2D eigenvalue weighted by Gasteiger charge is 2.27. The van der Waals surface area contributed by atoms with Crippen molar-refractivity contribution in [2.45, 2.75) is 57.8 Å². The van der Waals surface area contributed by atoms with Gasteiger partial charge in [-0.2, -0.15) is 0 Å². The number of methoxy groups -OCH3 is 1. The van der Waals surface area contributed by atoms with Gasteiger partial charge in [0.15, 0.2) is 0 Å². The SMILES string of the molecule is COc1ccc(-c2sc3c(c2CNCc2ccccc2)c(=O)n(C2CCCCC2)c(=O)n3Cc2c(F)cccc2F)cc1. The van der Waals surface area contributed by atoms with E-state index in [1.54, 1.807) is 7.11 Å². The molecule has 1 N–H and O–H groups in total. The number of nitrogens with zero attached hydrogens (tertiary/aromatic N) is 2. The van der Waals surface area contributed by atoms with Gasteiger partial charge >= 0.3 is 5.69 Å². The minimum atomic E-state index is -0.729. The Kier molecular flexibility index (Phi) is 8.54. The maximum Gasteiger partial charge on any atom is 0.332 e. The van der Waals surface area contributed by atoms with Gasteiger partial charge in [-0.1, -0.05) is 55.7 Å². The molecule has 3 aromatic carbocycles. The lowest BCUT2D eigenvalue weighted by molar-refractivity contribution is 0.332. The second-order valence-electron chi connectivity index (χ2n) is 10.9. The summed E-state index contributed by atoms with van der Waals surface area (Å²) in [6.45, 7) is 0.625. The third kappa shape index (κ3) is 5.79. The van der Waals surface area contributed by atoms with E-state index in [0.29, 0.717) is 41.9 Å². The molecule has 43 heavy (non-hydrogen) atoms. The van der Waals surface area contributed by atoms with Crippen LogP contribution in [0.3, 0.4) is 0 Å². The molecule has 0 amide bonds. The van der Waals surface area contributed by atoms with Crippen molar-refractivity contribution in [1.82, 2.24) is 14.5 Å². The number of thiophene rings is 1. The van der Waals surface area contributed by atoms with Crippen LogP contribution in [0.2, 0.25) is 0 Å². The molecule has 0 atom stereocenters. The van der Waals surface area contributed by atoms with E-state index in [-0.39, 0.29) is 23.7 Å². The first-order valence-electron chi connectivity index (χ1n) is 14.6. The summed E-state index contributed by atoms with van der Waals surface area (Å²) < 4.78 is 37.9. The number of aromatic nitrogens is 2. The fourth-order valence-corrected chi connectivity index (χ4v) is 7.31. The van der Waals surface area contributed by atoms with Gasteiger partial charge in [0.25, 0.3) is 5.56 Å². The smallest absolute Gasteiger partial charge is 0.332 e. The number of hydrogen-bond acceptors (Lipinski definition) is 5. The zero-order valence-corrected chi connectivity index (χ0v) is 24.8. The van der Waals surface area contributed by atoms with Gasteiger partial charge < -0.3 is 10.1 Å². The topological polar surface area (TPSA) is 65.3 Å². The lowest BCUT2D eigenvalue weighted by Gasteiger charge is -2.24. The van der Waals surface area contributed by atoms with Gasteiger partial charge in [-0.25, -0.2) is 13.6 Å². The Labute approximate surface area is 252 Å². The molecule has 9 heteroatoms. The van der Waals surface area contributed by atoms with Gasteiger partial charge in [-0.3, -0.25) is 13.9 Å². The molecule has 222 valence electrons. The van der Waals surface area contributed by atoms with Crippen molar-refractivity contribution < 1.29 is 13.5 Å². The molecule has 2 heterocycles. The molecule has 1 aliphatic carbocycles. The maximum absolute atomic E-state index is 14.9. The zero-order chi connectivity index (χ0) is 29.9. The Bertz CT molecular complexity index is 1840. The van der Waals surface area contributed by atoms with E-state index in [1.165, 1.54) is 38.7 Å². The molecule has 1 aliphatic rings. The molecular formula is C34H33F2N3O3S. The molecule has 0 saturated heterocycles. The lowest BCUT2D eigenvalue weighted by Crippen LogP contribution is -2.43. The predicted octanol–water partition coefficient (Wildman–Crippen LogP) is 7.02. The van der Waals surface area contributed by atoms with E-state index in [9.17, 15) is 18.4 Å². The molecule has 5 aromatic rings. The second-order valence-corrected chi connectivity index (χ2v) is 11.9. The van der Waals surface area contributed by atoms with Crippen molar-refractivity contribution >= 4 is 21.6 Å². The summed E-state index contributed by atoms with van der Waals surface area (Å²) >= 11 is 1.30. The zero-order valence-electron chi connectivity index (χ0n) is 23.9. The number of ether oxygens (including phenoxy) is 1. The number of halogens is 2. The largest absolute Gasteiger partial charge is 0.497 e. The molecule has 0 aliphatic heterocycles. The number of nitrogens with one attached hydrogen (secondary N) is 1. The molecule has 1 saturated carbocycles. The summed E-state index contributed by atoms with van der Waals surface area (Å²) in [7, 11) is 1.60. The van der Waals surface area contributed by atoms with E-state index in [4.69, 9.17) is 4.74 Å². The van der Waals surface area contributed by atoms with Crippen LogP contribution in [-0.4, -0.2) is 16.2 Å². The summed E-state index contributed by atoms with van der Waals surface area (Å²) in [6.07, 6.45) is 4.32. The van der Waals surface area contributed by atoms with Crippen LogP contribution in [0.5, 0.6) is 5.75 Å². The van der Waals surface area contributed by atoms with Crippen LogP contribution in [0.25, 0.3) is 20.7 Å². The van der Waals surface area contributed by atoms with Crippen LogP contribution in [-0.2, 0) is 19.6 Å².